The molecule has 1 aliphatic heterocycles. The summed E-state index contributed by atoms with van der Waals surface area (Å²) in [7, 11) is 0. The minimum absolute atomic E-state index is 0.118. The Morgan fingerprint density at radius 1 is 1.89 bits per heavy atom. The van der Waals surface area contributed by atoms with Crippen molar-refractivity contribution in [1.82, 2.24) is 0 Å². The van der Waals surface area contributed by atoms with E-state index in [4.69, 9.17) is 4.74 Å². The first kappa shape index (κ1) is 6.08. The number of rotatable bonds is 2. The van der Waals surface area contributed by atoms with Crippen LogP contribution in [0.3, 0.4) is 0 Å². The van der Waals surface area contributed by atoms with Gasteiger partial charge in [0, 0.05) is 6.42 Å². The molecule has 9 heavy (non-hydrogen) atoms. The van der Waals surface area contributed by atoms with Crippen LogP contribution in [-0.4, -0.2) is 12.4 Å². The van der Waals surface area contributed by atoms with Crippen molar-refractivity contribution in [1.29, 1.82) is 0 Å². The summed E-state index contributed by atoms with van der Waals surface area (Å²) in [4.78, 5) is 10.7. The SMILES string of the molecule is C=CC(=O)C1=CCCO1. The van der Waals surface area contributed by atoms with Crippen LogP contribution in [0.25, 0.3) is 0 Å². The highest BCUT2D eigenvalue weighted by atomic mass is 16.5. The van der Waals surface area contributed by atoms with Crippen LogP contribution in [0.15, 0.2) is 24.5 Å². The molecule has 0 aromatic carbocycles. The van der Waals surface area contributed by atoms with Gasteiger partial charge in [-0.2, -0.15) is 0 Å². The highest BCUT2D eigenvalue weighted by Gasteiger charge is 2.10. The van der Waals surface area contributed by atoms with Gasteiger partial charge >= 0.3 is 0 Å². The first-order valence-electron chi connectivity index (χ1n) is 2.84. The summed E-state index contributed by atoms with van der Waals surface area (Å²) in [5.41, 5.74) is 0. The maximum atomic E-state index is 10.7. The molecule has 0 aliphatic carbocycles. The van der Waals surface area contributed by atoms with Crippen LogP contribution in [0.5, 0.6) is 0 Å². The molecule has 0 aromatic rings. The summed E-state index contributed by atoms with van der Waals surface area (Å²) in [6.45, 7) is 3.97. The normalized spacial score (nSPS) is 16.2. The lowest BCUT2D eigenvalue weighted by atomic mass is 10.3. The summed E-state index contributed by atoms with van der Waals surface area (Å²) in [6.07, 6.45) is 3.88. The van der Waals surface area contributed by atoms with E-state index in [0.717, 1.165) is 6.42 Å². The van der Waals surface area contributed by atoms with Crippen molar-refractivity contribution in [3.63, 3.8) is 0 Å². The molecular weight excluding hydrogens is 116 g/mol. The fourth-order valence-corrected chi connectivity index (χ4v) is 0.690. The van der Waals surface area contributed by atoms with Crippen LogP contribution < -0.4 is 0 Å². The zero-order valence-corrected chi connectivity index (χ0v) is 5.09. The van der Waals surface area contributed by atoms with E-state index in [1.165, 1.54) is 6.08 Å². The zero-order chi connectivity index (χ0) is 6.69. The largest absolute Gasteiger partial charge is 0.490 e. The Hall–Kier alpha value is -1.05. The van der Waals surface area contributed by atoms with Crippen molar-refractivity contribution in [2.24, 2.45) is 0 Å². The molecule has 0 radical (unpaired) electrons. The molecule has 2 nitrogen and oxygen atoms in total. The molecule has 0 amide bonds. The number of carbonyl (C=O) groups excluding carboxylic acids is 1. The molecule has 1 heterocycles. The molecular formula is C7H8O2. The van der Waals surface area contributed by atoms with Gasteiger partial charge in [0.05, 0.1) is 6.61 Å². The molecule has 0 saturated carbocycles. The number of ketones is 1. The maximum absolute atomic E-state index is 10.7. The van der Waals surface area contributed by atoms with Gasteiger partial charge in [-0.25, -0.2) is 0 Å². The number of hydrogen-bond acceptors (Lipinski definition) is 2. The van der Waals surface area contributed by atoms with Gasteiger partial charge in [-0.15, -0.1) is 0 Å². The van der Waals surface area contributed by atoms with E-state index in [-0.39, 0.29) is 5.78 Å². The molecule has 0 N–H and O–H groups in total. The lowest BCUT2D eigenvalue weighted by Gasteiger charge is -1.95. The predicted molar refractivity (Wildman–Crippen MR) is 33.9 cm³/mol. The van der Waals surface area contributed by atoms with Crippen LogP contribution in [-0.2, 0) is 9.53 Å². The fourth-order valence-electron chi connectivity index (χ4n) is 0.690. The van der Waals surface area contributed by atoms with Crippen LogP contribution in [0.2, 0.25) is 0 Å². The summed E-state index contributed by atoms with van der Waals surface area (Å²) in [6, 6.07) is 0. The molecule has 2 heteroatoms. The van der Waals surface area contributed by atoms with E-state index in [0.29, 0.717) is 12.4 Å². The molecule has 1 aliphatic rings. The third kappa shape index (κ3) is 1.19. The Balaban J connectivity index is 2.61. The number of ether oxygens (including phenoxy) is 1. The first-order chi connectivity index (χ1) is 4.34. The van der Waals surface area contributed by atoms with Gasteiger partial charge in [-0.1, -0.05) is 6.58 Å². The minimum atomic E-state index is -0.118. The molecule has 0 unspecified atom stereocenters. The average Bonchev–Trinajstić information content (AvgIpc) is 2.37. The van der Waals surface area contributed by atoms with Gasteiger partial charge in [0.2, 0.25) is 5.78 Å². The summed E-state index contributed by atoms with van der Waals surface area (Å²) >= 11 is 0. The lowest BCUT2D eigenvalue weighted by molar-refractivity contribution is -0.114. The smallest absolute Gasteiger partial charge is 0.219 e. The zero-order valence-electron chi connectivity index (χ0n) is 5.09. The van der Waals surface area contributed by atoms with Gasteiger partial charge in [-0.3, -0.25) is 4.79 Å². The fraction of sp³-hybridized carbons (Fsp3) is 0.286. The summed E-state index contributed by atoms with van der Waals surface area (Å²) in [5.74, 6) is 0.331. The van der Waals surface area contributed by atoms with Crippen molar-refractivity contribution in [3.05, 3.63) is 24.5 Å². The Kier molecular flexibility index (Phi) is 1.68. The van der Waals surface area contributed by atoms with Crippen molar-refractivity contribution < 1.29 is 9.53 Å². The van der Waals surface area contributed by atoms with Gasteiger partial charge in [0.1, 0.15) is 0 Å². The van der Waals surface area contributed by atoms with E-state index >= 15 is 0 Å². The third-order valence-corrected chi connectivity index (χ3v) is 1.13. The maximum Gasteiger partial charge on any atom is 0.219 e. The summed E-state index contributed by atoms with van der Waals surface area (Å²) in [5, 5.41) is 0. The Bertz CT molecular complexity index is 168. The number of hydrogen-bond donors (Lipinski definition) is 0. The molecule has 48 valence electrons. The van der Waals surface area contributed by atoms with Crippen molar-refractivity contribution in [2.45, 2.75) is 6.42 Å². The van der Waals surface area contributed by atoms with Crippen molar-refractivity contribution in [2.75, 3.05) is 6.61 Å². The summed E-state index contributed by atoms with van der Waals surface area (Å²) < 4.78 is 4.95. The molecule has 0 aromatic heterocycles. The van der Waals surface area contributed by atoms with Crippen LogP contribution in [0, 0.1) is 0 Å². The van der Waals surface area contributed by atoms with E-state index in [9.17, 15) is 4.79 Å². The highest BCUT2D eigenvalue weighted by molar-refractivity contribution is 6.02. The monoisotopic (exact) mass is 124 g/mol. The molecule has 0 bridgehead atoms. The number of carbonyl (C=O) groups is 1. The van der Waals surface area contributed by atoms with E-state index in [1.807, 2.05) is 0 Å². The van der Waals surface area contributed by atoms with Crippen LogP contribution in [0.4, 0.5) is 0 Å². The average molecular weight is 124 g/mol. The molecule has 0 fully saturated rings. The van der Waals surface area contributed by atoms with Gasteiger partial charge < -0.3 is 4.74 Å². The van der Waals surface area contributed by atoms with E-state index in [2.05, 4.69) is 6.58 Å². The lowest BCUT2D eigenvalue weighted by Crippen LogP contribution is -1.97. The molecule has 0 saturated heterocycles. The van der Waals surface area contributed by atoms with E-state index in [1.54, 1.807) is 6.08 Å². The van der Waals surface area contributed by atoms with Crippen LogP contribution in [0.1, 0.15) is 6.42 Å². The Labute approximate surface area is 53.8 Å². The predicted octanol–water partition coefficient (Wildman–Crippen LogP) is 1.05. The first-order valence-corrected chi connectivity index (χ1v) is 2.84. The van der Waals surface area contributed by atoms with Gasteiger partial charge in [-0.05, 0) is 12.2 Å². The standard InChI is InChI=1S/C7H8O2/c1-2-6(8)7-4-3-5-9-7/h2,4H,1,3,5H2. The molecule has 1 rings (SSSR count). The Morgan fingerprint density at radius 3 is 3.11 bits per heavy atom. The van der Waals surface area contributed by atoms with E-state index < -0.39 is 0 Å². The Morgan fingerprint density at radius 2 is 2.67 bits per heavy atom. The number of allylic oxidation sites excluding steroid dienone is 1. The molecule has 0 atom stereocenters. The second-order valence-corrected chi connectivity index (χ2v) is 1.77. The molecule has 0 spiro atoms. The van der Waals surface area contributed by atoms with Gasteiger partial charge in [0.25, 0.3) is 0 Å². The topological polar surface area (TPSA) is 26.3 Å². The minimum Gasteiger partial charge on any atom is -0.490 e. The second kappa shape index (κ2) is 2.49. The van der Waals surface area contributed by atoms with Gasteiger partial charge in [0.15, 0.2) is 5.76 Å². The third-order valence-electron chi connectivity index (χ3n) is 1.13. The quantitative estimate of drug-likeness (QED) is 0.514. The van der Waals surface area contributed by atoms with Crippen LogP contribution >= 0.6 is 0 Å². The van der Waals surface area contributed by atoms with Crippen molar-refractivity contribution in [3.8, 4) is 0 Å². The van der Waals surface area contributed by atoms with Crippen molar-refractivity contribution >= 4 is 5.78 Å². The second-order valence-electron chi connectivity index (χ2n) is 1.77. The highest BCUT2D eigenvalue weighted by Crippen LogP contribution is 2.09.